The number of carbonyl (C=O) groups excluding carboxylic acids is 2. The van der Waals surface area contributed by atoms with Gasteiger partial charge in [0.2, 0.25) is 0 Å². The molecule has 0 aliphatic heterocycles. The fourth-order valence-corrected chi connectivity index (χ4v) is 2.46. The maximum absolute atomic E-state index is 11.9. The summed E-state index contributed by atoms with van der Waals surface area (Å²) in [6.07, 6.45) is 1.49. The minimum Gasteiger partial charge on any atom is -0.497 e. The van der Waals surface area contributed by atoms with Crippen molar-refractivity contribution in [1.29, 1.82) is 0 Å². The molecule has 0 aliphatic rings. The van der Waals surface area contributed by atoms with Crippen LogP contribution in [0.25, 0.3) is 0 Å². The van der Waals surface area contributed by atoms with Gasteiger partial charge in [0.15, 0.2) is 0 Å². The maximum Gasteiger partial charge on any atom is 0.329 e. The van der Waals surface area contributed by atoms with Crippen LogP contribution in [0.3, 0.4) is 0 Å². The van der Waals surface area contributed by atoms with Gasteiger partial charge >= 0.3 is 11.8 Å². The van der Waals surface area contributed by atoms with Crippen molar-refractivity contribution in [1.82, 2.24) is 5.43 Å². The molecule has 0 aliphatic carbocycles. The summed E-state index contributed by atoms with van der Waals surface area (Å²) in [6, 6.07) is 14.5. The number of amides is 2. The van der Waals surface area contributed by atoms with Crippen LogP contribution in [-0.4, -0.2) is 38.2 Å². The molecule has 7 heteroatoms. The van der Waals surface area contributed by atoms with Crippen LogP contribution in [0.15, 0.2) is 53.6 Å². The normalized spacial score (nSPS) is 10.5. The molecule has 2 aromatic carbocycles. The highest BCUT2D eigenvalue weighted by atomic mass is 16.5. The molecule has 0 aromatic heterocycles. The van der Waals surface area contributed by atoms with E-state index in [2.05, 4.69) is 34.6 Å². The molecule has 2 amide bonds. The van der Waals surface area contributed by atoms with Crippen LogP contribution in [0.4, 0.5) is 11.4 Å². The highest BCUT2D eigenvalue weighted by Crippen LogP contribution is 2.16. The van der Waals surface area contributed by atoms with Gasteiger partial charge in [0, 0.05) is 30.5 Å². The predicted octanol–water partition coefficient (Wildman–Crippen LogP) is 2.63. The van der Waals surface area contributed by atoms with Crippen molar-refractivity contribution in [3.8, 4) is 5.75 Å². The van der Waals surface area contributed by atoms with Gasteiger partial charge in [-0.1, -0.05) is 18.2 Å². The number of hydrazone groups is 1. The second-order valence-corrected chi connectivity index (χ2v) is 5.65. The van der Waals surface area contributed by atoms with Gasteiger partial charge < -0.3 is 15.0 Å². The number of nitrogens with zero attached hydrogens (tertiary/aromatic N) is 2. The van der Waals surface area contributed by atoms with E-state index in [1.165, 1.54) is 13.3 Å². The zero-order chi connectivity index (χ0) is 19.6. The van der Waals surface area contributed by atoms with E-state index in [4.69, 9.17) is 4.74 Å². The van der Waals surface area contributed by atoms with Crippen LogP contribution in [-0.2, 0) is 9.59 Å². The summed E-state index contributed by atoms with van der Waals surface area (Å²) in [5.41, 5.74) is 4.62. The lowest BCUT2D eigenvalue weighted by Gasteiger charge is -2.20. The molecule has 0 saturated heterocycles. The van der Waals surface area contributed by atoms with Crippen molar-refractivity contribution in [3.63, 3.8) is 0 Å². The summed E-state index contributed by atoms with van der Waals surface area (Å²) >= 11 is 0. The molecule has 2 aromatic rings. The summed E-state index contributed by atoms with van der Waals surface area (Å²) in [4.78, 5) is 26.0. The first-order valence-electron chi connectivity index (χ1n) is 8.70. The fourth-order valence-electron chi connectivity index (χ4n) is 2.46. The third-order valence-corrected chi connectivity index (χ3v) is 3.94. The molecule has 0 atom stereocenters. The summed E-state index contributed by atoms with van der Waals surface area (Å²) < 4.78 is 5.07. The van der Waals surface area contributed by atoms with Gasteiger partial charge in [-0.15, -0.1) is 0 Å². The molecular formula is C20H24N4O3. The first-order valence-corrected chi connectivity index (χ1v) is 8.70. The molecule has 2 rings (SSSR count). The number of benzene rings is 2. The van der Waals surface area contributed by atoms with Crippen LogP contribution in [0.2, 0.25) is 0 Å². The SMILES string of the molecule is CCN(CC)c1ccc(/C=N\NC(=O)C(=O)Nc2cccc(OC)c2)cc1. The average molecular weight is 368 g/mol. The van der Waals surface area contributed by atoms with Crippen molar-refractivity contribution < 1.29 is 14.3 Å². The molecule has 0 saturated carbocycles. The molecule has 142 valence electrons. The molecule has 27 heavy (non-hydrogen) atoms. The fraction of sp³-hybridized carbons (Fsp3) is 0.250. The zero-order valence-corrected chi connectivity index (χ0v) is 15.7. The van der Waals surface area contributed by atoms with E-state index in [0.29, 0.717) is 11.4 Å². The average Bonchev–Trinajstić information content (AvgIpc) is 2.70. The maximum atomic E-state index is 11.9. The molecule has 7 nitrogen and oxygen atoms in total. The lowest BCUT2D eigenvalue weighted by molar-refractivity contribution is -0.136. The minimum absolute atomic E-state index is 0.463. The second-order valence-electron chi connectivity index (χ2n) is 5.65. The Hall–Kier alpha value is -3.35. The Balaban J connectivity index is 1.89. The van der Waals surface area contributed by atoms with Crippen LogP contribution < -0.4 is 20.4 Å². The van der Waals surface area contributed by atoms with E-state index in [1.807, 2.05) is 24.3 Å². The molecule has 0 spiro atoms. The Bertz CT molecular complexity index is 799. The quantitative estimate of drug-likeness (QED) is 0.447. The third-order valence-electron chi connectivity index (χ3n) is 3.94. The van der Waals surface area contributed by atoms with Gasteiger partial charge in [0.05, 0.1) is 13.3 Å². The Morgan fingerprint density at radius 3 is 2.41 bits per heavy atom. The number of ether oxygens (including phenoxy) is 1. The number of hydrogen-bond donors (Lipinski definition) is 2. The molecule has 0 unspecified atom stereocenters. The van der Waals surface area contributed by atoms with Gasteiger partial charge in [0.25, 0.3) is 0 Å². The Morgan fingerprint density at radius 1 is 1.07 bits per heavy atom. The Morgan fingerprint density at radius 2 is 1.78 bits per heavy atom. The summed E-state index contributed by atoms with van der Waals surface area (Å²) in [7, 11) is 1.52. The molecular weight excluding hydrogens is 344 g/mol. The first-order chi connectivity index (χ1) is 13.1. The molecule has 0 radical (unpaired) electrons. The highest BCUT2D eigenvalue weighted by Gasteiger charge is 2.13. The van der Waals surface area contributed by atoms with E-state index in [0.717, 1.165) is 24.3 Å². The van der Waals surface area contributed by atoms with Crippen LogP contribution in [0, 0.1) is 0 Å². The van der Waals surface area contributed by atoms with Crippen molar-refractivity contribution >= 4 is 29.4 Å². The van der Waals surface area contributed by atoms with E-state index in [1.54, 1.807) is 24.3 Å². The van der Waals surface area contributed by atoms with Gasteiger partial charge in [0.1, 0.15) is 5.75 Å². The van der Waals surface area contributed by atoms with Crippen molar-refractivity contribution in [2.45, 2.75) is 13.8 Å². The van der Waals surface area contributed by atoms with Gasteiger partial charge in [-0.2, -0.15) is 5.10 Å². The monoisotopic (exact) mass is 368 g/mol. The van der Waals surface area contributed by atoms with Crippen LogP contribution in [0.1, 0.15) is 19.4 Å². The summed E-state index contributed by atoms with van der Waals surface area (Å²) in [5.74, 6) is -1.08. The topological polar surface area (TPSA) is 83.0 Å². The third kappa shape index (κ3) is 5.85. The number of nitrogens with one attached hydrogen (secondary N) is 2. The van der Waals surface area contributed by atoms with Crippen LogP contribution >= 0.6 is 0 Å². The van der Waals surface area contributed by atoms with Gasteiger partial charge in [-0.25, -0.2) is 5.43 Å². The van der Waals surface area contributed by atoms with E-state index in [-0.39, 0.29) is 0 Å². The number of rotatable bonds is 7. The first kappa shape index (κ1) is 20.0. The summed E-state index contributed by atoms with van der Waals surface area (Å²) in [5, 5.41) is 6.32. The van der Waals surface area contributed by atoms with Crippen molar-refractivity contribution in [3.05, 3.63) is 54.1 Å². The Kier molecular flexibility index (Phi) is 7.37. The second kappa shape index (κ2) is 9.96. The van der Waals surface area contributed by atoms with Crippen LogP contribution in [0.5, 0.6) is 5.75 Å². The van der Waals surface area contributed by atoms with Gasteiger partial charge in [-0.3, -0.25) is 9.59 Å². The molecule has 0 bridgehead atoms. The number of hydrogen-bond acceptors (Lipinski definition) is 5. The standard InChI is InChI=1S/C20H24N4O3/c1-4-24(5-2)17-11-9-15(10-12-17)14-21-23-20(26)19(25)22-16-7-6-8-18(13-16)27-3/h6-14H,4-5H2,1-3H3,(H,22,25)(H,23,26)/b21-14-. The predicted molar refractivity (Wildman–Crippen MR) is 107 cm³/mol. The lowest BCUT2D eigenvalue weighted by atomic mass is 10.2. The molecule has 2 N–H and O–H groups in total. The minimum atomic E-state index is -0.853. The zero-order valence-electron chi connectivity index (χ0n) is 15.7. The van der Waals surface area contributed by atoms with E-state index >= 15 is 0 Å². The van der Waals surface area contributed by atoms with Gasteiger partial charge in [-0.05, 0) is 43.7 Å². The van der Waals surface area contributed by atoms with E-state index < -0.39 is 11.8 Å². The largest absolute Gasteiger partial charge is 0.497 e. The number of carbonyl (C=O) groups is 2. The smallest absolute Gasteiger partial charge is 0.329 e. The Labute approximate surface area is 159 Å². The lowest BCUT2D eigenvalue weighted by Crippen LogP contribution is -2.32. The number of methoxy groups -OCH3 is 1. The number of anilines is 2. The molecule has 0 fully saturated rings. The highest BCUT2D eigenvalue weighted by molar-refractivity contribution is 6.39. The molecule has 0 heterocycles. The van der Waals surface area contributed by atoms with Crippen molar-refractivity contribution in [2.75, 3.05) is 30.4 Å². The van der Waals surface area contributed by atoms with E-state index in [9.17, 15) is 9.59 Å². The summed E-state index contributed by atoms with van der Waals surface area (Å²) in [6.45, 7) is 6.07. The van der Waals surface area contributed by atoms with Crippen molar-refractivity contribution in [2.24, 2.45) is 5.10 Å².